The first-order chi connectivity index (χ1) is 18.1. The van der Waals surface area contributed by atoms with Crippen LogP contribution in [-0.4, -0.2) is 63.9 Å². The Morgan fingerprint density at radius 1 is 0.605 bits per heavy atom. The van der Waals surface area contributed by atoms with Crippen molar-refractivity contribution in [3.8, 4) is 0 Å². The molecule has 0 aromatic heterocycles. The van der Waals surface area contributed by atoms with E-state index in [1.807, 2.05) is 0 Å². The molecule has 2 unspecified atom stereocenters. The molecule has 5 rings (SSSR count). The molecule has 5 aliphatic carbocycles. The topological polar surface area (TPSA) is 139 Å². The van der Waals surface area contributed by atoms with Crippen molar-refractivity contribution in [2.45, 2.75) is 38.5 Å². The van der Waals surface area contributed by atoms with Crippen LogP contribution in [0.15, 0.2) is 24.3 Å². The van der Waals surface area contributed by atoms with Gasteiger partial charge in [0.05, 0.1) is 28.4 Å². The van der Waals surface area contributed by atoms with E-state index in [1.165, 1.54) is 0 Å². The summed E-state index contributed by atoms with van der Waals surface area (Å²) in [6.07, 6.45) is 10.9. The highest BCUT2D eigenvalue weighted by molar-refractivity contribution is 6.20. The first kappa shape index (κ1) is 26.3. The Labute approximate surface area is 220 Å². The molecule has 0 amide bonds. The van der Waals surface area contributed by atoms with E-state index < -0.39 is 75.4 Å². The Morgan fingerprint density at radius 3 is 1.29 bits per heavy atom. The van der Waals surface area contributed by atoms with Crippen molar-refractivity contribution in [1.29, 1.82) is 0 Å². The lowest BCUT2D eigenvalue weighted by molar-refractivity contribution is -0.174. The highest BCUT2D eigenvalue weighted by atomic mass is 16.5. The number of carbonyl (C=O) groups is 6. The van der Waals surface area contributed by atoms with Crippen molar-refractivity contribution < 1.29 is 47.7 Å². The molecule has 3 saturated carbocycles. The van der Waals surface area contributed by atoms with Crippen LogP contribution in [0.3, 0.4) is 0 Å². The summed E-state index contributed by atoms with van der Waals surface area (Å²) in [6.45, 7) is 0. The van der Waals surface area contributed by atoms with Gasteiger partial charge in [-0.3, -0.25) is 28.8 Å². The van der Waals surface area contributed by atoms with Gasteiger partial charge in [-0.25, -0.2) is 0 Å². The van der Waals surface area contributed by atoms with Crippen LogP contribution >= 0.6 is 0 Å². The quantitative estimate of drug-likeness (QED) is 0.229. The van der Waals surface area contributed by atoms with Crippen LogP contribution < -0.4 is 0 Å². The maximum absolute atomic E-state index is 14.2. The van der Waals surface area contributed by atoms with Gasteiger partial charge >= 0.3 is 23.9 Å². The number of methoxy groups -OCH3 is 4. The SMILES string of the molecule is COC(=O)[C@@H]1C(=O)[C@H](C(=O)OC)C23CCC45CC=CC4(C=CC5)CCC12[C@@H](C(=O)OC)C(=O)[C@H]3C(=O)OC. The summed E-state index contributed by atoms with van der Waals surface area (Å²) in [5, 5.41) is 0. The van der Waals surface area contributed by atoms with Crippen LogP contribution in [0.25, 0.3) is 0 Å². The van der Waals surface area contributed by atoms with Crippen molar-refractivity contribution in [3.05, 3.63) is 24.3 Å². The number of carbonyl (C=O) groups excluding carboxylic acids is 6. The molecule has 0 radical (unpaired) electrons. The van der Waals surface area contributed by atoms with Crippen LogP contribution in [-0.2, 0) is 47.7 Å². The Hall–Kier alpha value is -3.30. The predicted molar refractivity (Wildman–Crippen MR) is 128 cm³/mol. The van der Waals surface area contributed by atoms with E-state index in [4.69, 9.17) is 18.9 Å². The van der Waals surface area contributed by atoms with Crippen molar-refractivity contribution >= 4 is 35.4 Å². The molecule has 204 valence electrons. The van der Waals surface area contributed by atoms with Gasteiger partial charge in [0.25, 0.3) is 0 Å². The number of hydrogen-bond donors (Lipinski definition) is 0. The zero-order valence-corrected chi connectivity index (χ0v) is 21.9. The summed E-state index contributed by atoms with van der Waals surface area (Å²) in [4.78, 5) is 82.0. The predicted octanol–water partition coefficient (Wildman–Crippen LogP) is 1.75. The minimum absolute atomic E-state index is 0.0292. The third-order valence-electron chi connectivity index (χ3n) is 10.6. The molecule has 0 aromatic rings. The number of hydrogen-bond acceptors (Lipinski definition) is 10. The summed E-state index contributed by atoms with van der Waals surface area (Å²) in [7, 11) is 4.42. The van der Waals surface area contributed by atoms with Crippen molar-refractivity contribution in [1.82, 2.24) is 0 Å². The van der Waals surface area contributed by atoms with Crippen molar-refractivity contribution in [2.24, 2.45) is 45.3 Å². The molecule has 10 nitrogen and oxygen atoms in total. The van der Waals surface area contributed by atoms with Crippen LogP contribution in [0.5, 0.6) is 0 Å². The number of ether oxygens (including phenoxy) is 4. The molecule has 0 N–H and O–H groups in total. The zero-order chi connectivity index (χ0) is 27.7. The third kappa shape index (κ3) is 2.78. The molecule has 0 bridgehead atoms. The molecule has 38 heavy (non-hydrogen) atoms. The normalized spacial score (nSPS) is 42.3. The molecular formula is C28H32O10. The van der Waals surface area contributed by atoms with E-state index in [9.17, 15) is 28.8 Å². The lowest BCUT2D eigenvalue weighted by Crippen LogP contribution is -2.55. The summed E-state index contributed by atoms with van der Waals surface area (Å²) in [6, 6.07) is 0. The largest absolute Gasteiger partial charge is 0.468 e. The average molecular weight is 529 g/mol. The highest BCUT2D eigenvalue weighted by Gasteiger charge is 2.86. The maximum Gasteiger partial charge on any atom is 0.316 e. The fourth-order valence-corrected chi connectivity index (χ4v) is 9.17. The van der Waals surface area contributed by atoms with E-state index in [0.29, 0.717) is 12.8 Å². The van der Waals surface area contributed by atoms with Crippen LogP contribution in [0.2, 0.25) is 0 Å². The summed E-state index contributed by atoms with van der Waals surface area (Å²) >= 11 is 0. The number of allylic oxidation sites excluding steroid dienone is 4. The number of rotatable bonds is 4. The lowest BCUT2D eigenvalue weighted by atomic mass is 9.47. The fourth-order valence-electron chi connectivity index (χ4n) is 9.17. The summed E-state index contributed by atoms with van der Waals surface area (Å²) in [5.74, 6) is -12.1. The molecule has 0 aromatic carbocycles. The number of ketones is 2. The van der Waals surface area contributed by atoms with E-state index in [0.717, 1.165) is 41.3 Å². The highest BCUT2D eigenvalue weighted by Crippen LogP contribution is 2.77. The molecule has 10 heteroatoms. The second kappa shape index (κ2) is 8.61. The minimum Gasteiger partial charge on any atom is -0.468 e. The lowest BCUT2D eigenvalue weighted by Gasteiger charge is -2.53. The first-order valence-corrected chi connectivity index (χ1v) is 12.8. The summed E-state index contributed by atoms with van der Waals surface area (Å²) < 4.78 is 20.2. The Bertz CT molecular complexity index is 1120. The number of esters is 4. The van der Waals surface area contributed by atoms with Crippen molar-refractivity contribution in [2.75, 3.05) is 28.4 Å². The number of Topliss-reactive ketones (excluding diaryl/α,β-unsaturated/α-hetero) is 2. The Kier molecular flexibility index (Phi) is 5.96. The third-order valence-corrected chi connectivity index (χ3v) is 10.6. The summed E-state index contributed by atoms with van der Waals surface area (Å²) in [5.41, 5.74) is -4.18. The molecule has 3 fully saturated rings. The maximum atomic E-state index is 14.2. The van der Waals surface area contributed by atoms with Gasteiger partial charge in [0.1, 0.15) is 23.7 Å². The van der Waals surface area contributed by atoms with E-state index >= 15 is 0 Å². The van der Waals surface area contributed by atoms with Gasteiger partial charge in [-0.1, -0.05) is 24.3 Å². The molecular weight excluding hydrogens is 496 g/mol. The van der Waals surface area contributed by atoms with E-state index in [-0.39, 0.29) is 18.3 Å². The molecule has 0 aliphatic heterocycles. The standard InChI is InChI=1S/C28H32O10/c1-35-21(31)15-19(29)16(22(32)36-2)28-14-12-26-9-5-7-25(26,8-6-10-26)11-13-27(15,28)17(23(33)37-3)20(30)18(28)24(34)38-4/h5-8,15-18H,9-14H2,1-4H3/t15-,16+,17+,18-,25?,26?,27?,28?. The average Bonchev–Trinajstić information content (AvgIpc) is 3.54. The van der Waals surface area contributed by atoms with Crippen LogP contribution in [0, 0.1) is 45.3 Å². The molecule has 5 aliphatic rings. The van der Waals surface area contributed by atoms with Crippen LogP contribution in [0.4, 0.5) is 0 Å². The van der Waals surface area contributed by atoms with Gasteiger partial charge in [0.15, 0.2) is 11.6 Å². The second-order valence-corrected chi connectivity index (χ2v) is 11.2. The monoisotopic (exact) mass is 528 g/mol. The molecule has 0 heterocycles. The minimum atomic E-state index is -1.76. The van der Waals surface area contributed by atoms with Gasteiger partial charge in [-0.05, 0) is 43.9 Å². The van der Waals surface area contributed by atoms with Gasteiger partial charge in [0.2, 0.25) is 0 Å². The van der Waals surface area contributed by atoms with Crippen LogP contribution in [0.1, 0.15) is 38.5 Å². The van der Waals surface area contributed by atoms with Gasteiger partial charge in [-0.15, -0.1) is 0 Å². The molecule has 0 saturated heterocycles. The van der Waals surface area contributed by atoms with E-state index in [1.54, 1.807) is 0 Å². The Morgan fingerprint density at radius 2 is 0.947 bits per heavy atom. The van der Waals surface area contributed by atoms with Crippen molar-refractivity contribution in [3.63, 3.8) is 0 Å². The first-order valence-electron chi connectivity index (χ1n) is 12.8. The molecule has 0 spiro atoms. The smallest absolute Gasteiger partial charge is 0.316 e. The zero-order valence-electron chi connectivity index (χ0n) is 21.9. The second-order valence-electron chi connectivity index (χ2n) is 11.2. The van der Waals surface area contributed by atoms with Gasteiger partial charge in [0, 0.05) is 16.2 Å². The van der Waals surface area contributed by atoms with Gasteiger partial charge in [-0.2, -0.15) is 0 Å². The molecule has 6 atom stereocenters. The van der Waals surface area contributed by atoms with E-state index in [2.05, 4.69) is 24.3 Å². The Balaban J connectivity index is 1.87. The fraction of sp³-hybridized carbons (Fsp3) is 0.643. The van der Waals surface area contributed by atoms with Gasteiger partial charge < -0.3 is 18.9 Å².